The molecule has 2 heterocycles. The van der Waals surface area contributed by atoms with Crippen LogP contribution in [-0.2, 0) is 0 Å². The first kappa shape index (κ1) is 14.4. The lowest BCUT2D eigenvalue weighted by atomic mass is 10.2. The fourth-order valence-corrected chi connectivity index (χ4v) is 2.26. The van der Waals surface area contributed by atoms with Crippen LogP contribution >= 0.6 is 11.3 Å². The number of nitrogens with zero attached hydrogens (tertiary/aromatic N) is 5. The number of hydrogen-bond acceptors (Lipinski definition) is 8. The molecule has 2 aromatic heterocycles. The van der Waals surface area contributed by atoms with E-state index in [9.17, 15) is 0 Å². The van der Waals surface area contributed by atoms with Crippen LogP contribution in [0.15, 0.2) is 11.6 Å². The molecule has 0 amide bonds. The lowest BCUT2D eigenvalue weighted by Gasteiger charge is -2.14. The fourth-order valence-electron chi connectivity index (χ4n) is 1.57. The predicted molar refractivity (Wildman–Crippen MR) is 82.7 cm³/mol. The Morgan fingerprint density at radius 1 is 1.25 bits per heavy atom. The van der Waals surface area contributed by atoms with Crippen molar-refractivity contribution in [3.8, 4) is 0 Å². The SMILES string of the molecule is CNc1nc(NCC(C)c2nccs2)nc(N(C)C)n1. The molecule has 0 aliphatic rings. The van der Waals surface area contributed by atoms with Crippen LogP contribution in [0.1, 0.15) is 17.8 Å². The predicted octanol–water partition coefficient (Wildman–Crippen LogP) is 1.65. The zero-order valence-electron chi connectivity index (χ0n) is 12.1. The summed E-state index contributed by atoms with van der Waals surface area (Å²) in [7, 11) is 5.59. The van der Waals surface area contributed by atoms with Crippen molar-refractivity contribution in [3.05, 3.63) is 16.6 Å². The number of rotatable bonds is 6. The Morgan fingerprint density at radius 3 is 2.60 bits per heavy atom. The first-order chi connectivity index (χ1) is 9.60. The van der Waals surface area contributed by atoms with Gasteiger partial charge in [0.15, 0.2) is 0 Å². The Kier molecular flexibility index (Phi) is 4.67. The van der Waals surface area contributed by atoms with Crippen LogP contribution in [0.5, 0.6) is 0 Å². The fraction of sp³-hybridized carbons (Fsp3) is 0.500. The summed E-state index contributed by atoms with van der Waals surface area (Å²) in [5.41, 5.74) is 0. The largest absolute Gasteiger partial charge is 0.357 e. The van der Waals surface area contributed by atoms with Gasteiger partial charge in [0.2, 0.25) is 17.8 Å². The summed E-state index contributed by atoms with van der Waals surface area (Å²) in [5, 5.41) is 9.27. The summed E-state index contributed by atoms with van der Waals surface area (Å²) in [6.45, 7) is 2.85. The van der Waals surface area contributed by atoms with Crippen molar-refractivity contribution in [2.24, 2.45) is 0 Å². The summed E-state index contributed by atoms with van der Waals surface area (Å²) in [5.74, 6) is 2.05. The van der Waals surface area contributed by atoms with Crippen molar-refractivity contribution in [1.29, 1.82) is 0 Å². The van der Waals surface area contributed by atoms with E-state index in [-0.39, 0.29) is 0 Å². The molecule has 0 radical (unpaired) electrons. The zero-order valence-corrected chi connectivity index (χ0v) is 12.9. The van der Waals surface area contributed by atoms with Gasteiger partial charge in [-0.1, -0.05) is 6.92 Å². The average molecular weight is 293 g/mol. The maximum Gasteiger partial charge on any atom is 0.231 e. The molecule has 0 aromatic carbocycles. The molecule has 8 heteroatoms. The number of hydrogen-bond donors (Lipinski definition) is 2. The van der Waals surface area contributed by atoms with Crippen molar-refractivity contribution in [2.45, 2.75) is 12.8 Å². The molecule has 7 nitrogen and oxygen atoms in total. The number of thiazole rings is 1. The summed E-state index contributed by atoms with van der Waals surface area (Å²) >= 11 is 1.66. The number of aromatic nitrogens is 4. The molecule has 1 atom stereocenters. The van der Waals surface area contributed by atoms with E-state index >= 15 is 0 Å². The van der Waals surface area contributed by atoms with Gasteiger partial charge in [0.1, 0.15) is 0 Å². The van der Waals surface area contributed by atoms with E-state index < -0.39 is 0 Å². The Labute approximate surface area is 122 Å². The molecule has 20 heavy (non-hydrogen) atoms. The highest BCUT2D eigenvalue weighted by Crippen LogP contribution is 2.18. The third-order valence-electron chi connectivity index (χ3n) is 2.69. The third-order valence-corrected chi connectivity index (χ3v) is 3.69. The standard InChI is InChI=1S/C12H19N7S/c1-8(9-14-5-6-20-9)7-15-11-16-10(13-2)17-12(18-11)19(3)4/h5-6,8H,7H2,1-4H3,(H2,13,15,16,17,18). The molecule has 2 rings (SSSR count). The Morgan fingerprint density at radius 2 is 2.00 bits per heavy atom. The van der Waals surface area contributed by atoms with Crippen LogP contribution in [0.3, 0.4) is 0 Å². The summed E-state index contributed by atoms with van der Waals surface area (Å²) in [4.78, 5) is 19.1. The quantitative estimate of drug-likeness (QED) is 0.838. The van der Waals surface area contributed by atoms with Crippen LogP contribution < -0.4 is 15.5 Å². The lowest BCUT2D eigenvalue weighted by Crippen LogP contribution is -2.18. The minimum Gasteiger partial charge on any atom is -0.357 e. The molecule has 2 aromatic rings. The van der Waals surface area contributed by atoms with E-state index in [4.69, 9.17) is 0 Å². The topological polar surface area (TPSA) is 78.9 Å². The molecule has 0 aliphatic carbocycles. The molecular formula is C12H19N7S. The summed E-state index contributed by atoms with van der Waals surface area (Å²) in [6.07, 6.45) is 1.82. The van der Waals surface area contributed by atoms with Crippen molar-refractivity contribution >= 4 is 29.2 Å². The monoisotopic (exact) mass is 293 g/mol. The summed E-state index contributed by atoms with van der Waals surface area (Å²) < 4.78 is 0. The molecule has 1 unspecified atom stereocenters. The van der Waals surface area contributed by atoms with E-state index in [0.29, 0.717) is 23.8 Å². The van der Waals surface area contributed by atoms with Gasteiger partial charge in [-0.15, -0.1) is 11.3 Å². The van der Waals surface area contributed by atoms with Crippen LogP contribution in [0.4, 0.5) is 17.8 Å². The molecule has 0 bridgehead atoms. The molecule has 0 saturated carbocycles. The molecule has 0 spiro atoms. The second kappa shape index (κ2) is 6.47. The van der Waals surface area contributed by atoms with Crippen LogP contribution in [0.25, 0.3) is 0 Å². The molecule has 0 aliphatic heterocycles. The minimum absolute atomic E-state index is 0.313. The number of anilines is 3. The normalized spacial score (nSPS) is 12.0. The number of nitrogens with one attached hydrogen (secondary N) is 2. The van der Waals surface area contributed by atoms with Crippen LogP contribution in [-0.4, -0.2) is 47.6 Å². The van der Waals surface area contributed by atoms with Gasteiger partial charge in [-0.05, 0) is 0 Å². The lowest BCUT2D eigenvalue weighted by molar-refractivity contribution is 0.785. The van der Waals surface area contributed by atoms with Gasteiger partial charge < -0.3 is 15.5 Å². The maximum absolute atomic E-state index is 4.37. The van der Waals surface area contributed by atoms with Crippen LogP contribution in [0.2, 0.25) is 0 Å². The van der Waals surface area contributed by atoms with E-state index in [1.54, 1.807) is 18.4 Å². The van der Waals surface area contributed by atoms with Crippen molar-refractivity contribution in [1.82, 2.24) is 19.9 Å². The van der Waals surface area contributed by atoms with Crippen molar-refractivity contribution < 1.29 is 0 Å². The van der Waals surface area contributed by atoms with Crippen molar-refractivity contribution in [3.63, 3.8) is 0 Å². The van der Waals surface area contributed by atoms with E-state index in [0.717, 1.165) is 11.6 Å². The Balaban J connectivity index is 2.07. The molecular weight excluding hydrogens is 274 g/mol. The first-order valence-corrected chi connectivity index (χ1v) is 7.22. The minimum atomic E-state index is 0.313. The maximum atomic E-state index is 4.37. The van der Waals surface area contributed by atoms with Gasteiger partial charge in [0, 0.05) is 45.2 Å². The van der Waals surface area contributed by atoms with Crippen LogP contribution in [0, 0.1) is 0 Å². The van der Waals surface area contributed by atoms with Gasteiger partial charge in [0.05, 0.1) is 5.01 Å². The smallest absolute Gasteiger partial charge is 0.231 e. The van der Waals surface area contributed by atoms with Gasteiger partial charge in [-0.3, -0.25) is 0 Å². The van der Waals surface area contributed by atoms with E-state index in [1.807, 2.05) is 30.6 Å². The first-order valence-electron chi connectivity index (χ1n) is 6.34. The van der Waals surface area contributed by atoms with Gasteiger partial charge in [-0.25, -0.2) is 4.98 Å². The molecule has 2 N–H and O–H groups in total. The van der Waals surface area contributed by atoms with E-state index in [1.165, 1.54) is 0 Å². The highest BCUT2D eigenvalue weighted by molar-refractivity contribution is 7.09. The van der Waals surface area contributed by atoms with Gasteiger partial charge in [-0.2, -0.15) is 15.0 Å². The Hall–Kier alpha value is -1.96. The summed E-state index contributed by atoms with van der Waals surface area (Å²) in [6, 6.07) is 0. The second-order valence-electron chi connectivity index (χ2n) is 4.58. The highest BCUT2D eigenvalue weighted by atomic mass is 32.1. The second-order valence-corrected chi connectivity index (χ2v) is 5.51. The van der Waals surface area contributed by atoms with Gasteiger partial charge >= 0.3 is 0 Å². The Bertz CT molecular complexity index is 541. The third kappa shape index (κ3) is 3.53. The zero-order chi connectivity index (χ0) is 14.5. The van der Waals surface area contributed by atoms with Gasteiger partial charge in [0.25, 0.3) is 0 Å². The molecule has 108 valence electrons. The molecule has 0 saturated heterocycles. The van der Waals surface area contributed by atoms with E-state index in [2.05, 4.69) is 37.5 Å². The molecule has 0 fully saturated rings. The average Bonchev–Trinajstić information content (AvgIpc) is 2.98. The highest BCUT2D eigenvalue weighted by Gasteiger charge is 2.11. The van der Waals surface area contributed by atoms with Crippen molar-refractivity contribution in [2.75, 3.05) is 43.2 Å².